The molecule has 0 unspecified atom stereocenters. The second-order valence-electron chi connectivity index (χ2n) is 8.65. The van der Waals surface area contributed by atoms with E-state index in [9.17, 15) is 19.2 Å². The van der Waals surface area contributed by atoms with Crippen molar-refractivity contribution in [2.45, 2.75) is 26.3 Å². The molecule has 0 aliphatic carbocycles. The minimum absolute atomic E-state index is 0.0363. The molecule has 0 fully saturated rings. The van der Waals surface area contributed by atoms with Crippen molar-refractivity contribution in [3.05, 3.63) is 89.0 Å². The van der Waals surface area contributed by atoms with Crippen LogP contribution >= 0.6 is 0 Å². The maximum Gasteiger partial charge on any atom is 0.338 e. The Morgan fingerprint density at radius 1 is 0.944 bits per heavy atom. The predicted octanol–water partition coefficient (Wildman–Crippen LogP) is 4.02. The number of hydrogen-bond acceptors (Lipinski definition) is 6. The molecule has 0 radical (unpaired) electrons. The van der Waals surface area contributed by atoms with Crippen molar-refractivity contribution >= 4 is 35.1 Å². The van der Waals surface area contributed by atoms with Crippen LogP contribution in [0.1, 0.15) is 50.5 Å². The zero-order chi connectivity index (χ0) is 25.4. The van der Waals surface area contributed by atoms with Crippen molar-refractivity contribution in [1.82, 2.24) is 0 Å². The van der Waals surface area contributed by atoms with Gasteiger partial charge in [-0.15, -0.1) is 0 Å². The molecule has 2 heterocycles. The van der Waals surface area contributed by atoms with Crippen LogP contribution in [0.2, 0.25) is 0 Å². The second-order valence-corrected chi connectivity index (χ2v) is 8.65. The Morgan fingerprint density at radius 2 is 1.67 bits per heavy atom. The number of anilines is 2. The van der Waals surface area contributed by atoms with Gasteiger partial charge in [-0.2, -0.15) is 0 Å². The molecule has 8 heteroatoms. The first-order valence-electron chi connectivity index (χ1n) is 11.7. The van der Waals surface area contributed by atoms with E-state index in [1.165, 1.54) is 18.2 Å². The molecule has 36 heavy (non-hydrogen) atoms. The third-order valence-corrected chi connectivity index (χ3v) is 6.33. The SMILES string of the molecule is CCOc1ccc(N2C(=O)c3ccc(C(=O)OCC(=O)N4c5ccccc5C[C@@H]4C)cc3C2=O)cc1. The zero-order valence-electron chi connectivity index (χ0n) is 19.9. The van der Waals surface area contributed by atoms with E-state index in [2.05, 4.69) is 0 Å². The number of esters is 1. The summed E-state index contributed by atoms with van der Waals surface area (Å²) >= 11 is 0. The lowest BCUT2D eigenvalue weighted by molar-refractivity contribution is -0.122. The molecule has 0 bridgehead atoms. The first-order valence-corrected chi connectivity index (χ1v) is 11.7. The molecule has 0 aromatic heterocycles. The van der Waals surface area contributed by atoms with Crippen molar-refractivity contribution in [2.24, 2.45) is 0 Å². The standard InChI is InChI=1S/C28H24N2O6/c1-3-35-21-11-9-20(10-12-21)30-26(32)22-13-8-19(15-23(22)27(30)33)28(34)36-16-25(31)29-17(2)14-18-6-4-5-7-24(18)29/h4-13,15,17H,3,14,16H2,1-2H3/t17-/m0/s1. The lowest BCUT2D eigenvalue weighted by Crippen LogP contribution is -2.38. The molecule has 0 N–H and O–H groups in total. The van der Waals surface area contributed by atoms with E-state index in [-0.39, 0.29) is 28.6 Å². The smallest absolute Gasteiger partial charge is 0.338 e. The Labute approximate surface area is 208 Å². The number of benzene rings is 3. The third kappa shape index (κ3) is 4.00. The fourth-order valence-electron chi connectivity index (χ4n) is 4.69. The Balaban J connectivity index is 1.29. The van der Waals surface area contributed by atoms with Crippen molar-refractivity contribution in [3.63, 3.8) is 0 Å². The van der Waals surface area contributed by atoms with Gasteiger partial charge in [-0.3, -0.25) is 14.4 Å². The molecule has 5 rings (SSSR count). The topological polar surface area (TPSA) is 93.2 Å². The molecule has 2 aliphatic rings. The van der Waals surface area contributed by atoms with Crippen LogP contribution in [0.5, 0.6) is 5.75 Å². The number of amides is 3. The van der Waals surface area contributed by atoms with Crippen molar-refractivity contribution < 1.29 is 28.7 Å². The maximum absolute atomic E-state index is 13.0. The van der Waals surface area contributed by atoms with E-state index in [4.69, 9.17) is 9.47 Å². The lowest BCUT2D eigenvalue weighted by atomic mass is 10.1. The number of fused-ring (bicyclic) bond motifs is 2. The normalized spacial score (nSPS) is 16.1. The third-order valence-electron chi connectivity index (χ3n) is 6.33. The Kier molecular flexibility index (Phi) is 6.01. The van der Waals surface area contributed by atoms with E-state index in [1.54, 1.807) is 29.2 Å². The average molecular weight is 485 g/mol. The summed E-state index contributed by atoms with van der Waals surface area (Å²) in [5, 5.41) is 0. The van der Waals surface area contributed by atoms with Gasteiger partial charge in [0.25, 0.3) is 17.7 Å². The van der Waals surface area contributed by atoms with Gasteiger partial charge in [-0.1, -0.05) is 18.2 Å². The number of ether oxygens (including phenoxy) is 2. The fourth-order valence-corrected chi connectivity index (χ4v) is 4.69. The zero-order valence-corrected chi connectivity index (χ0v) is 19.9. The second kappa shape index (κ2) is 9.30. The number of carbonyl (C=O) groups excluding carboxylic acids is 4. The van der Waals surface area contributed by atoms with Crippen LogP contribution in [0.3, 0.4) is 0 Å². The van der Waals surface area contributed by atoms with Gasteiger partial charge in [0.1, 0.15) is 5.75 Å². The van der Waals surface area contributed by atoms with Gasteiger partial charge in [-0.05, 0) is 74.4 Å². The van der Waals surface area contributed by atoms with Gasteiger partial charge in [0.15, 0.2) is 6.61 Å². The number of nitrogens with zero attached hydrogens (tertiary/aromatic N) is 2. The molecule has 3 aromatic rings. The van der Waals surface area contributed by atoms with Crippen molar-refractivity contribution in [3.8, 4) is 5.75 Å². The van der Waals surface area contributed by atoms with E-state index >= 15 is 0 Å². The van der Waals surface area contributed by atoms with E-state index in [1.807, 2.05) is 38.1 Å². The molecule has 3 amide bonds. The van der Waals surface area contributed by atoms with Gasteiger partial charge < -0.3 is 14.4 Å². The molecular weight excluding hydrogens is 460 g/mol. The van der Waals surface area contributed by atoms with E-state index < -0.39 is 24.4 Å². The summed E-state index contributed by atoms with van der Waals surface area (Å²) in [7, 11) is 0. The number of carbonyl (C=O) groups is 4. The highest BCUT2D eigenvalue weighted by molar-refractivity contribution is 6.34. The Bertz CT molecular complexity index is 1380. The molecule has 2 aliphatic heterocycles. The minimum atomic E-state index is -0.744. The minimum Gasteiger partial charge on any atom is -0.494 e. The van der Waals surface area contributed by atoms with Crippen LogP contribution in [0, 0.1) is 0 Å². The average Bonchev–Trinajstić information content (AvgIpc) is 3.35. The number of para-hydroxylation sites is 1. The molecule has 8 nitrogen and oxygen atoms in total. The largest absolute Gasteiger partial charge is 0.494 e. The van der Waals surface area contributed by atoms with Crippen LogP contribution < -0.4 is 14.5 Å². The van der Waals surface area contributed by atoms with Gasteiger partial charge in [0.05, 0.1) is 29.0 Å². The molecule has 0 saturated carbocycles. The lowest BCUT2D eigenvalue weighted by Gasteiger charge is -2.22. The highest BCUT2D eigenvalue weighted by Gasteiger charge is 2.37. The Hall–Kier alpha value is -4.46. The highest BCUT2D eigenvalue weighted by atomic mass is 16.5. The molecule has 182 valence electrons. The summed E-state index contributed by atoms with van der Waals surface area (Å²) in [4.78, 5) is 54.2. The van der Waals surface area contributed by atoms with Crippen LogP contribution in [-0.4, -0.2) is 42.9 Å². The van der Waals surface area contributed by atoms with Gasteiger partial charge >= 0.3 is 5.97 Å². The fraction of sp³-hybridized carbons (Fsp3) is 0.214. The quantitative estimate of drug-likeness (QED) is 0.388. The summed E-state index contributed by atoms with van der Waals surface area (Å²) in [6, 6.07) is 18.4. The highest BCUT2D eigenvalue weighted by Crippen LogP contribution is 2.32. The van der Waals surface area contributed by atoms with E-state index in [0.29, 0.717) is 18.0 Å². The number of hydrogen-bond donors (Lipinski definition) is 0. The summed E-state index contributed by atoms with van der Waals surface area (Å²) in [6.45, 7) is 3.88. The summed E-state index contributed by atoms with van der Waals surface area (Å²) in [5.74, 6) is -1.45. The first kappa shape index (κ1) is 23.3. The maximum atomic E-state index is 13.0. The molecule has 0 saturated heterocycles. The molecule has 3 aromatic carbocycles. The first-order chi connectivity index (χ1) is 17.4. The number of rotatable bonds is 6. The van der Waals surface area contributed by atoms with Crippen LogP contribution in [0.25, 0.3) is 0 Å². The van der Waals surface area contributed by atoms with Crippen LogP contribution in [0.15, 0.2) is 66.7 Å². The molecule has 1 atom stereocenters. The number of imide groups is 1. The summed E-state index contributed by atoms with van der Waals surface area (Å²) < 4.78 is 10.7. The summed E-state index contributed by atoms with van der Waals surface area (Å²) in [5.41, 5.74) is 2.69. The van der Waals surface area contributed by atoms with Crippen molar-refractivity contribution in [2.75, 3.05) is 23.0 Å². The predicted molar refractivity (Wildman–Crippen MR) is 133 cm³/mol. The van der Waals surface area contributed by atoms with Crippen LogP contribution in [0.4, 0.5) is 11.4 Å². The van der Waals surface area contributed by atoms with Gasteiger partial charge in [-0.25, -0.2) is 9.69 Å². The van der Waals surface area contributed by atoms with Gasteiger partial charge in [0.2, 0.25) is 0 Å². The van der Waals surface area contributed by atoms with E-state index in [0.717, 1.165) is 22.6 Å². The van der Waals surface area contributed by atoms with Crippen molar-refractivity contribution in [1.29, 1.82) is 0 Å². The monoisotopic (exact) mass is 484 g/mol. The van der Waals surface area contributed by atoms with Gasteiger partial charge in [0, 0.05) is 11.7 Å². The molecule has 0 spiro atoms. The summed E-state index contributed by atoms with van der Waals surface area (Å²) in [6.07, 6.45) is 0.738. The Morgan fingerprint density at radius 3 is 2.42 bits per heavy atom. The van der Waals surface area contributed by atoms with Crippen LogP contribution in [-0.2, 0) is 16.0 Å². The molecular formula is C28H24N2O6.